The minimum Gasteiger partial charge on any atom is -0.384 e. The van der Waals surface area contributed by atoms with Crippen LogP contribution in [-0.2, 0) is 0 Å². The molecule has 2 amide bonds. The molecule has 0 bridgehead atoms. The van der Waals surface area contributed by atoms with E-state index in [2.05, 4.69) is 10.6 Å². The Balaban J connectivity index is 2.73. The fourth-order valence-corrected chi connectivity index (χ4v) is 0.927. The molecule has 0 aliphatic carbocycles. The number of benzene rings is 1. The summed E-state index contributed by atoms with van der Waals surface area (Å²) < 4.78 is 0. The molecular weight excluding hydrogens is 180 g/mol. The molecule has 0 aromatic heterocycles. The number of anilines is 1. The van der Waals surface area contributed by atoms with E-state index in [4.69, 9.17) is 11.1 Å². The number of hydrogen-bond acceptors (Lipinski definition) is 2. The second-order valence-electron chi connectivity index (χ2n) is 2.70. The molecule has 5 heteroatoms. The average molecular weight is 192 g/mol. The molecule has 0 atom stereocenters. The van der Waals surface area contributed by atoms with Crippen LogP contribution in [0.3, 0.4) is 0 Å². The maximum atomic E-state index is 10.9. The average Bonchev–Trinajstić information content (AvgIpc) is 2.18. The van der Waals surface area contributed by atoms with E-state index in [1.165, 1.54) is 0 Å². The number of nitrogens with one attached hydrogen (secondary N) is 3. The van der Waals surface area contributed by atoms with Gasteiger partial charge in [0.1, 0.15) is 5.84 Å². The number of amides is 2. The number of hydrogen-bond donors (Lipinski definition) is 4. The van der Waals surface area contributed by atoms with E-state index in [-0.39, 0.29) is 11.9 Å². The SMILES string of the molecule is CNC(=O)Nc1ccc(C(=N)N)cc1. The highest BCUT2D eigenvalue weighted by Gasteiger charge is 1.99. The molecule has 1 aromatic rings. The van der Waals surface area contributed by atoms with Crippen LogP contribution in [0.2, 0.25) is 0 Å². The molecule has 0 aliphatic rings. The van der Waals surface area contributed by atoms with Gasteiger partial charge in [-0.2, -0.15) is 0 Å². The summed E-state index contributed by atoms with van der Waals surface area (Å²) in [4.78, 5) is 10.9. The minimum atomic E-state index is -0.277. The van der Waals surface area contributed by atoms with Gasteiger partial charge in [0.15, 0.2) is 0 Å². The molecule has 0 heterocycles. The molecule has 0 fully saturated rings. The lowest BCUT2D eigenvalue weighted by atomic mass is 10.2. The molecule has 74 valence electrons. The monoisotopic (exact) mass is 192 g/mol. The quantitative estimate of drug-likeness (QED) is 0.411. The second kappa shape index (κ2) is 4.27. The number of nitrogens with two attached hydrogens (primary N) is 1. The summed E-state index contributed by atoms with van der Waals surface area (Å²) in [6.45, 7) is 0. The van der Waals surface area contributed by atoms with Crippen LogP contribution in [0.25, 0.3) is 0 Å². The first-order chi connectivity index (χ1) is 6.63. The lowest BCUT2D eigenvalue weighted by Crippen LogP contribution is -2.24. The largest absolute Gasteiger partial charge is 0.384 e. The summed E-state index contributed by atoms with van der Waals surface area (Å²) in [6.07, 6.45) is 0. The van der Waals surface area contributed by atoms with Crippen molar-refractivity contribution in [1.82, 2.24) is 5.32 Å². The summed E-state index contributed by atoms with van der Waals surface area (Å²) in [5.74, 6) is 0.0106. The van der Waals surface area contributed by atoms with E-state index in [0.29, 0.717) is 11.3 Å². The summed E-state index contributed by atoms with van der Waals surface area (Å²) in [5.41, 5.74) is 6.57. The molecule has 0 saturated carbocycles. The highest BCUT2D eigenvalue weighted by atomic mass is 16.2. The van der Waals surface area contributed by atoms with Crippen LogP contribution in [0.4, 0.5) is 10.5 Å². The molecule has 1 aromatic carbocycles. The number of amidine groups is 1. The fourth-order valence-electron chi connectivity index (χ4n) is 0.927. The maximum absolute atomic E-state index is 10.9. The molecule has 0 aliphatic heterocycles. The lowest BCUT2D eigenvalue weighted by Gasteiger charge is -2.04. The highest BCUT2D eigenvalue weighted by Crippen LogP contribution is 2.08. The minimum absolute atomic E-state index is 0.0106. The Morgan fingerprint density at radius 2 is 1.93 bits per heavy atom. The van der Waals surface area contributed by atoms with Crippen molar-refractivity contribution in [3.05, 3.63) is 29.8 Å². The molecule has 1 rings (SSSR count). The van der Waals surface area contributed by atoms with Crippen LogP contribution < -0.4 is 16.4 Å². The van der Waals surface area contributed by atoms with Gasteiger partial charge in [0.2, 0.25) is 0 Å². The Bertz CT molecular complexity index is 344. The Labute approximate surface area is 81.8 Å². The summed E-state index contributed by atoms with van der Waals surface area (Å²) in [6, 6.07) is 6.44. The van der Waals surface area contributed by atoms with Gasteiger partial charge in [0, 0.05) is 18.3 Å². The summed E-state index contributed by atoms with van der Waals surface area (Å²) in [7, 11) is 1.54. The standard InChI is InChI=1S/C9H12N4O/c1-12-9(14)13-7-4-2-6(3-5-7)8(10)11/h2-5H,1H3,(H3,10,11)(H2,12,13,14). The van der Waals surface area contributed by atoms with E-state index < -0.39 is 0 Å². The van der Waals surface area contributed by atoms with Crippen molar-refractivity contribution in [3.8, 4) is 0 Å². The van der Waals surface area contributed by atoms with Gasteiger partial charge in [-0.3, -0.25) is 5.41 Å². The number of carbonyl (C=O) groups is 1. The molecule has 0 saturated heterocycles. The molecule has 5 N–H and O–H groups in total. The van der Waals surface area contributed by atoms with E-state index in [1.54, 1.807) is 31.3 Å². The van der Waals surface area contributed by atoms with Crippen molar-refractivity contribution in [2.24, 2.45) is 5.73 Å². The zero-order chi connectivity index (χ0) is 10.6. The lowest BCUT2D eigenvalue weighted by molar-refractivity contribution is 0.254. The van der Waals surface area contributed by atoms with E-state index in [1.807, 2.05) is 0 Å². The first-order valence-electron chi connectivity index (χ1n) is 4.06. The van der Waals surface area contributed by atoms with Crippen LogP contribution in [0, 0.1) is 5.41 Å². The van der Waals surface area contributed by atoms with Gasteiger partial charge in [-0.05, 0) is 24.3 Å². The van der Waals surface area contributed by atoms with Gasteiger partial charge >= 0.3 is 6.03 Å². The predicted octanol–water partition coefficient (Wildman–Crippen LogP) is 0.722. The normalized spacial score (nSPS) is 9.21. The van der Waals surface area contributed by atoms with E-state index >= 15 is 0 Å². The van der Waals surface area contributed by atoms with Crippen molar-refractivity contribution in [2.75, 3.05) is 12.4 Å². The molecular formula is C9H12N4O. The summed E-state index contributed by atoms with van der Waals surface area (Å²) in [5, 5.41) is 12.2. The molecule has 0 unspecified atom stereocenters. The molecule has 0 spiro atoms. The van der Waals surface area contributed by atoms with E-state index in [9.17, 15) is 4.79 Å². The van der Waals surface area contributed by atoms with Crippen molar-refractivity contribution in [2.45, 2.75) is 0 Å². The van der Waals surface area contributed by atoms with Gasteiger partial charge in [-0.15, -0.1) is 0 Å². The highest BCUT2D eigenvalue weighted by molar-refractivity contribution is 5.96. The predicted molar refractivity (Wildman–Crippen MR) is 55.5 cm³/mol. The van der Waals surface area contributed by atoms with Crippen LogP contribution in [-0.4, -0.2) is 18.9 Å². The third-order valence-corrected chi connectivity index (χ3v) is 1.68. The van der Waals surface area contributed by atoms with Crippen molar-refractivity contribution >= 4 is 17.6 Å². The topological polar surface area (TPSA) is 91.0 Å². The zero-order valence-electron chi connectivity index (χ0n) is 7.79. The van der Waals surface area contributed by atoms with E-state index in [0.717, 1.165) is 0 Å². The van der Waals surface area contributed by atoms with Crippen molar-refractivity contribution < 1.29 is 4.79 Å². The van der Waals surface area contributed by atoms with Gasteiger partial charge in [0.25, 0.3) is 0 Å². The molecule has 0 radical (unpaired) electrons. The number of rotatable bonds is 2. The first-order valence-corrected chi connectivity index (χ1v) is 4.06. The fraction of sp³-hybridized carbons (Fsp3) is 0.111. The summed E-state index contributed by atoms with van der Waals surface area (Å²) >= 11 is 0. The smallest absolute Gasteiger partial charge is 0.318 e. The van der Waals surface area contributed by atoms with Crippen LogP contribution in [0.15, 0.2) is 24.3 Å². The Morgan fingerprint density at radius 3 is 2.36 bits per heavy atom. The second-order valence-corrected chi connectivity index (χ2v) is 2.70. The maximum Gasteiger partial charge on any atom is 0.318 e. The van der Waals surface area contributed by atoms with Gasteiger partial charge in [-0.25, -0.2) is 4.79 Å². The van der Waals surface area contributed by atoms with Crippen LogP contribution in [0.5, 0.6) is 0 Å². The third-order valence-electron chi connectivity index (χ3n) is 1.68. The molecule has 5 nitrogen and oxygen atoms in total. The van der Waals surface area contributed by atoms with Crippen LogP contribution in [0.1, 0.15) is 5.56 Å². The van der Waals surface area contributed by atoms with Gasteiger partial charge in [-0.1, -0.05) is 0 Å². The van der Waals surface area contributed by atoms with Crippen molar-refractivity contribution in [1.29, 1.82) is 5.41 Å². The molecule has 14 heavy (non-hydrogen) atoms. The zero-order valence-corrected chi connectivity index (χ0v) is 7.79. The van der Waals surface area contributed by atoms with Crippen molar-refractivity contribution in [3.63, 3.8) is 0 Å². The Kier molecular flexibility index (Phi) is 3.06. The first kappa shape index (κ1) is 10.0. The van der Waals surface area contributed by atoms with Gasteiger partial charge < -0.3 is 16.4 Å². The third kappa shape index (κ3) is 2.48. The number of urea groups is 1. The number of carbonyl (C=O) groups excluding carboxylic acids is 1. The Morgan fingerprint density at radius 1 is 1.36 bits per heavy atom. The number of nitrogen functional groups attached to an aromatic ring is 1. The Hall–Kier alpha value is -2.04. The van der Waals surface area contributed by atoms with Gasteiger partial charge in [0.05, 0.1) is 0 Å². The van der Waals surface area contributed by atoms with Crippen LogP contribution >= 0.6 is 0 Å².